The molecule has 0 bridgehead atoms. The van der Waals surface area contributed by atoms with Crippen molar-refractivity contribution in [1.29, 1.82) is 5.26 Å². The van der Waals surface area contributed by atoms with E-state index in [9.17, 15) is 9.90 Å². The van der Waals surface area contributed by atoms with Crippen LogP contribution in [0.4, 0.5) is 5.00 Å². The number of nitrogens with one attached hydrogen (secondary N) is 1. The third-order valence-electron chi connectivity index (χ3n) is 3.81. The molecule has 2 rings (SSSR count). The van der Waals surface area contributed by atoms with Crippen LogP contribution in [0.1, 0.15) is 28.8 Å². The number of carbonyl (C=O) groups excluding carboxylic acids is 1. The number of thiophene rings is 1. The summed E-state index contributed by atoms with van der Waals surface area (Å²) in [5, 5.41) is 21.9. The first-order chi connectivity index (χ1) is 9.56. The predicted octanol–water partition coefficient (Wildman–Crippen LogP) is 1.63. The first-order valence-corrected chi connectivity index (χ1v) is 7.53. The number of anilines is 1. The molecular weight excluding hydrogens is 274 g/mol. The molecule has 2 heterocycles. The van der Waals surface area contributed by atoms with Crippen LogP contribution in [0.3, 0.4) is 0 Å². The molecule has 0 radical (unpaired) electrons. The largest absolute Gasteiger partial charge is 0.395 e. The lowest BCUT2D eigenvalue weighted by Crippen LogP contribution is -2.38. The highest BCUT2D eigenvalue weighted by Crippen LogP contribution is 2.31. The Balaban J connectivity index is 2.02. The van der Waals surface area contributed by atoms with Gasteiger partial charge < -0.3 is 10.4 Å². The molecule has 6 heteroatoms. The normalized spacial score (nSPS) is 19.0. The fourth-order valence-electron chi connectivity index (χ4n) is 2.51. The predicted molar refractivity (Wildman–Crippen MR) is 78.8 cm³/mol. The molecule has 0 saturated carbocycles. The van der Waals surface area contributed by atoms with Gasteiger partial charge in [-0.25, -0.2) is 0 Å². The van der Waals surface area contributed by atoms with E-state index in [1.165, 1.54) is 11.3 Å². The van der Waals surface area contributed by atoms with Crippen LogP contribution < -0.4 is 5.32 Å². The number of aliphatic hydroxyl groups is 1. The number of nitriles is 1. The lowest BCUT2D eigenvalue weighted by molar-refractivity contribution is -0.117. The van der Waals surface area contributed by atoms with E-state index >= 15 is 0 Å². The van der Waals surface area contributed by atoms with Gasteiger partial charge in [0.15, 0.2) is 0 Å². The van der Waals surface area contributed by atoms with Crippen LogP contribution in [0, 0.1) is 25.2 Å². The fourth-order valence-corrected chi connectivity index (χ4v) is 3.54. The summed E-state index contributed by atoms with van der Waals surface area (Å²) in [6.45, 7) is 5.04. The molecule has 1 amide bonds. The monoisotopic (exact) mass is 293 g/mol. The highest BCUT2D eigenvalue weighted by atomic mass is 32.1. The lowest BCUT2D eigenvalue weighted by atomic mass is 10.2. The maximum atomic E-state index is 12.1. The van der Waals surface area contributed by atoms with E-state index in [1.807, 2.05) is 18.7 Å². The van der Waals surface area contributed by atoms with Crippen molar-refractivity contribution in [3.63, 3.8) is 0 Å². The molecule has 1 aliphatic rings. The minimum absolute atomic E-state index is 0.0861. The smallest absolute Gasteiger partial charge is 0.239 e. The standard InChI is InChI=1S/C14H19N3O2S/c1-9-10(2)20-14(12(9)6-15)16-13(19)7-17-5-3-4-11(17)8-18/h11,18H,3-5,7-8H2,1-2H3,(H,16,19)/t11-/m1/s1. The Morgan fingerprint density at radius 1 is 1.60 bits per heavy atom. The molecule has 108 valence electrons. The zero-order chi connectivity index (χ0) is 14.7. The van der Waals surface area contributed by atoms with Crippen molar-refractivity contribution >= 4 is 22.2 Å². The molecule has 1 atom stereocenters. The van der Waals surface area contributed by atoms with Gasteiger partial charge >= 0.3 is 0 Å². The molecule has 1 fully saturated rings. The van der Waals surface area contributed by atoms with Gasteiger partial charge in [0, 0.05) is 10.9 Å². The Morgan fingerprint density at radius 2 is 2.35 bits per heavy atom. The lowest BCUT2D eigenvalue weighted by Gasteiger charge is -2.21. The molecule has 5 nitrogen and oxygen atoms in total. The SMILES string of the molecule is Cc1sc(NC(=O)CN2CCC[C@@H]2CO)c(C#N)c1C. The summed E-state index contributed by atoms with van der Waals surface area (Å²) in [7, 11) is 0. The van der Waals surface area contributed by atoms with Gasteiger partial charge in [0.1, 0.15) is 11.1 Å². The van der Waals surface area contributed by atoms with E-state index in [0.29, 0.717) is 10.6 Å². The fraction of sp³-hybridized carbons (Fsp3) is 0.571. The Labute approximate surface area is 122 Å². The summed E-state index contributed by atoms with van der Waals surface area (Å²) in [6, 6.07) is 2.23. The average molecular weight is 293 g/mol. The highest BCUT2D eigenvalue weighted by molar-refractivity contribution is 7.16. The third-order valence-corrected chi connectivity index (χ3v) is 4.93. The van der Waals surface area contributed by atoms with Crippen LogP contribution >= 0.6 is 11.3 Å². The maximum absolute atomic E-state index is 12.1. The number of aryl methyl sites for hydroxylation is 1. The number of hydrogen-bond donors (Lipinski definition) is 2. The number of carbonyl (C=O) groups is 1. The van der Waals surface area contributed by atoms with Crippen LogP contribution in [-0.4, -0.2) is 41.7 Å². The van der Waals surface area contributed by atoms with Crippen LogP contribution in [0.25, 0.3) is 0 Å². The highest BCUT2D eigenvalue weighted by Gasteiger charge is 2.26. The number of aliphatic hydroxyl groups excluding tert-OH is 1. The summed E-state index contributed by atoms with van der Waals surface area (Å²) in [5.41, 5.74) is 1.49. The topological polar surface area (TPSA) is 76.4 Å². The number of hydrogen-bond acceptors (Lipinski definition) is 5. The van der Waals surface area contributed by atoms with Crippen LogP contribution in [0.5, 0.6) is 0 Å². The first-order valence-electron chi connectivity index (χ1n) is 6.71. The van der Waals surface area contributed by atoms with Crippen LogP contribution in [0.2, 0.25) is 0 Å². The number of likely N-dealkylation sites (tertiary alicyclic amines) is 1. The van der Waals surface area contributed by atoms with Crippen LogP contribution in [0.15, 0.2) is 0 Å². The molecule has 1 saturated heterocycles. The second-order valence-corrected chi connectivity index (χ2v) is 6.32. The van der Waals surface area contributed by atoms with Gasteiger partial charge in [0.25, 0.3) is 0 Å². The molecule has 1 aromatic heterocycles. The van der Waals surface area contributed by atoms with E-state index in [4.69, 9.17) is 5.26 Å². The van der Waals surface area contributed by atoms with Gasteiger partial charge in [-0.2, -0.15) is 5.26 Å². The summed E-state index contributed by atoms with van der Waals surface area (Å²) in [4.78, 5) is 15.1. The molecule has 0 unspecified atom stereocenters. The van der Waals surface area contributed by atoms with Crippen molar-refractivity contribution in [2.45, 2.75) is 32.7 Å². The summed E-state index contributed by atoms with van der Waals surface area (Å²) < 4.78 is 0. The minimum atomic E-state index is -0.122. The van der Waals surface area contributed by atoms with Crippen molar-refractivity contribution in [2.75, 3.05) is 25.0 Å². The van der Waals surface area contributed by atoms with Gasteiger partial charge in [-0.3, -0.25) is 9.69 Å². The first kappa shape index (κ1) is 15.0. The Morgan fingerprint density at radius 3 is 3.00 bits per heavy atom. The molecule has 20 heavy (non-hydrogen) atoms. The van der Waals surface area contributed by atoms with Gasteiger partial charge in [0.2, 0.25) is 5.91 Å². The second-order valence-electron chi connectivity index (χ2n) is 5.10. The molecule has 0 aliphatic carbocycles. The molecule has 2 N–H and O–H groups in total. The Kier molecular flexibility index (Phi) is 4.76. The zero-order valence-corrected chi connectivity index (χ0v) is 12.6. The van der Waals surface area contributed by atoms with E-state index in [-0.39, 0.29) is 25.1 Å². The molecule has 0 aromatic carbocycles. The van der Waals surface area contributed by atoms with Gasteiger partial charge in [0.05, 0.1) is 18.7 Å². The van der Waals surface area contributed by atoms with Crippen molar-refractivity contribution < 1.29 is 9.90 Å². The van der Waals surface area contributed by atoms with E-state index < -0.39 is 0 Å². The van der Waals surface area contributed by atoms with Gasteiger partial charge in [-0.05, 0) is 38.8 Å². The van der Waals surface area contributed by atoms with Crippen molar-refractivity contribution in [3.8, 4) is 6.07 Å². The summed E-state index contributed by atoms with van der Waals surface area (Å²) >= 11 is 1.44. The maximum Gasteiger partial charge on any atom is 0.239 e. The molecule has 1 aliphatic heterocycles. The minimum Gasteiger partial charge on any atom is -0.395 e. The summed E-state index contributed by atoms with van der Waals surface area (Å²) in [5.74, 6) is -0.122. The van der Waals surface area contributed by atoms with E-state index in [0.717, 1.165) is 29.8 Å². The third kappa shape index (κ3) is 3.01. The van der Waals surface area contributed by atoms with E-state index in [2.05, 4.69) is 11.4 Å². The molecule has 1 aromatic rings. The average Bonchev–Trinajstić information content (AvgIpc) is 2.95. The number of rotatable bonds is 4. The summed E-state index contributed by atoms with van der Waals surface area (Å²) in [6.07, 6.45) is 1.95. The van der Waals surface area contributed by atoms with Gasteiger partial charge in [-0.1, -0.05) is 0 Å². The van der Waals surface area contributed by atoms with E-state index in [1.54, 1.807) is 0 Å². The Bertz CT molecular complexity index is 547. The molecule has 0 spiro atoms. The number of amides is 1. The second kappa shape index (κ2) is 6.35. The quantitative estimate of drug-likeness (QED) is 0.884. The number of nitrogens with zero attached hydrogens (tertiary/aromatic N) is 2. The van der Waals surface area contributed by atoms with Crippen molar-refractivity contribution in [1.82, 2.24) is 4.90 Å². The van der Waals surface area contributed by atoms with Crippen LogP contribution in [-0.2, 0) is 4.79 Å². The van der Waals surface area contributed by atoms with Crippen molar-refractivity contribution in [2.24, 2.45) is 0 Å². The van der Waals surface area contributed by atoms with Gasteiger partial charge in [-0.15, -0.1) is 11.3 Å². The Hall–Kier alpha value is -1.42. The zero-order valence-electron chi connectivity index (χ0n) is 11.8. The van der Waals surface area contributed by atoms with Crippen molar-refractivity contribution in [3.05, 3.63) is 16.0 Å². The molecular formula is C14H19N3O2S.